The summed E-state index contributed by atoms with van der Waals surface area (Å²) in [5.74, 6) is -3.71. The number of alkyl halides is 3. The zero-order valence-corrected chi connectivity index (χ0v) is 15.8. The highest BCUT2D eigenvalue weighted by molar-refractivity contribution is 5.81. The molecule has 0 bridgehead atoms. The fraction of sp³-hybridized carbons (Fsp3) is 0.611. The minimum absolute atomic E-state index is 0.0600. The van der Waals surface area contributed by atoms with Gasteiger partial charge in [-0.05, 0) is 26.6 Å². The molecule has 2 saturated heterocycles. The van der Waals surface area contributed by atoms with Crippen molar-refractivity contribution in [3.8, 4) is 0 Å². The number of carbonyl (C=O) groups is 1. The smallest absolute Gasteiger partial charge is 0.270 e. The summed E-state index contributed by atoms with van der Waals surface area (Å²) >= 11 is 0. The Morgan fingerprint density at radius 3 is 2.41 bits per heavy atom. The minimum Gasteiger partial charge on any atom is -0.327 e. The first-order valence-electron chi connectivity index (χ1n) is 8.95. The minimum atomic E-state index is -2.90. The molecule has 5 unspecified atom stereocenters. The van der Waals surface area contributed by atoms with Crippen molar-refractivity contribution in [2.24, 2.45) is 5.92 Å². The van der Waals surface area contributed by atoms with Gasteiger partial charge in [0.25, 0.3) is 5.92 Å². The highest BCUT2D eigenvalue weighted by Gasteiger charge is 2.51. The number of hydrazine groups is 1. The third kappa shape index (κ3) is 3.82. The number of benzene rings is 1. The van der Waals surface area contributed by atoms with Gasteiger partial charge in [-0.2, -0.15) is 0 Å². The Hall–Kier alpha value is -1.68. The maximum Gasteiger partial charge on any atom is 0.270 e. The number of halogens is 3. The second-order valence-electron chi connectivity index (χ2n) is 7.50. The molecule has 0 spiro atoms. The van der Waals surface area contributed by atoms with Crippen molar-refractivity contribution in [1.29, 1.82) is 0 Å². The van der Waals surface area contributed by atoms with Gasteiger partial charge in [-0.25, -0.2) is 23.6 Å². The van der Waals surface area contributed by atoms with Gasteiger partial charge in [0.1, 0.15) is 13.0 Å². The lowest BCUT2D eigenvalue weighted by Crippen LogP contribution is -2.68. The highest BCUT2D eigenvalue weighted by atomic mass is 19.3. The van der Waals surface area contributed by atoms with Crippen LogP contribution < -0.4 is 16.1 Å². The van der Waals surface area contributed by atoms with Crippen LogP contribution in [0.1, 0.15) is 31.0 Å². The van der Waals surface area contributed by atoms with E-state index in [0.29, 0.717) is 0 Å². The fourth-order valence-electron chi connectivity index (χ4n) is 3.67. The van der Waals surface area contributed by atoms with Crippen LogP contribution in [0.15, 0.2) is 24.3 Å². The molecule has 3 N–H and O–H groups in total. The SMILES string of the molecule is CC(c1ccc(C(C)(F)F)cc1)N1NC(CF)C2C(=O)NC(N(C)C)NC21. The number of nitrogens with zero attached hydrogens (tertiary/aromatic N) is 2. The Kier molecular flexibility index (Phi) is 5.49. The molecule has 5 atom stereocenters. The van der Waals surface area contributed by atoms with Crippen LogP contribution in [0.3, 0.4) is 0 Å². The summed E-state index contributed by atoms with van der Waals surface area (Å²) in [5.41, 5.74) is 3.82. The number of carbonyl (C=O) groups excluding carboxylic acids is 1. The summed E-state index contributed by atoms with van der Waals surface area (Å²) in [6, 6.07) is 5.18. The van der Waals surface area contributed by atoms with Crippen LogP contribution in [0.25, 0.3) is 0 Å². The van der Waals surface area contributed by atoms with Crippen LogP contribution in [0, 0.1) is 5.92 Å². The molecule has 0 aliphatic carbocycles. The lowest BCUT2D eigenvalue weighted by molar-refractivity contribution is -0.133. The Bertz CT molecular complexity index is 679. The predicted octanol–water partition coefficient (Wildman–Crippen LogP) is 1.52. The van der Waals surface area contributed by atoms with Gasteiger partial charge < -0.3 is 5.32 Å². The van der Waals surface area contributed by atoms with E-state index in [2.05, 4.69) is 16.1 Å². The first kappa shape index (κ1) is 20.1. The number of fused-ring (bicyclic) bond motifs is 1. The monoisotopic (exact) mass is 385 g/mol. The summed E-state index contributed by atoms with van der Waals surface area (Å²) in [4.78, 5) is 14.3. The zero-order valence-electron chi connectivity index (χ0n) is 15.8. The first-order valence-corrected chi connectivity index (χ1v) is 8.95. The average Bonchev–Trinajstić information content (AvgIpc) is 2.99. The van der Waals surface area contributed by atoms with E-state index < -0.39 is 30.7 Å². The van der Waals surface area contributed by atoms with Crippen molar-refractivity contribution >= 4 is 5.91 Å². The standard InChI is InChI=1S/C18H26F3N5O/c1-10(11-5-7-12(8-6-11)18(2,20)21)26-15-14(13(9-19)24-26)16(27)23-17(22-15)25(3)4/h5-8,10,13-15,17,22,24H,9H2,1-4H3,(H,23,27). The number of hydrogen-bond donors (Lipinski definition) is 3. The van der Waals surface area contributed by atoms with Crippen molar-refractivity contribution in [2.75, 3.05) is 20.8 Å². The van der Waals surface area contributed by atoms with E-state index >= 15 is 0 Å². The Balaban J connectivity index is 1.85. The van der Waals surface area contributed by atoms with E-state index in [9.17, 15) is 18.0 Å². The van der Waals surface area contributed by atoms with E-state index in [4.69, 9.17) is 0 Å². The van der Waals surface area contributed by atoms with Crippen molar-refractivity contribution in [1.82, 2.24) is 26.0 Å². The molecule has 1 amide bonds. The van der Waals surface area contributed by atoms with E-state index in [1.807, 2.05) is 30.9 Å². The summed E-state index contributed by atoms with van der Waals surface area (Å²) in [6.07, 6.45) is -0.802. The summed E-state index contributed by atoms with van der Waals surface area (Å²) in [7, 11) is 3.65. The molecule has 9 heteroatoms. The van der Waals surface area contributed by atoms with E-state index in [0.717, 1.165) is 12.5 Å². The maximum atomic E-state index is 13.5. The molecule has 150 valence electrons. The van der Waals surface area contributed by atoms with Crippen molar-refractivity contribution in [2.45, 2.75) is 44.3 Å². The average molecular weight is 385 g/mol. The Labute approximate surface area is 157 Å². The molecule has 0 aromatic heterocycles. The van der Waals surface area contributed by atoms with Gasteiger partial charge in [-0.3, -0.25) is 15.0 Å². The molecule has 2 aliphatic rings. The van der Waals surface area contributed by atoms with Gasteiger partial charge >= 0.3 is 0 Å². The number of rotatable bonds is 5. The third-order valence-electron chi connectivity index (χ3n) is 5.30. The Morgan fingerprint density at radius 1 is 1.26 bits per heavy atom. The van der Waals surface area contributed by atoms with Crippen LogP contribution in [0.2, 0.25) is 0 Å². The van der Waals surface area contributed by atoms with Gasteiger partial charge in [0, 0.05) is 18.5 Å². The topological polar surface area (TPSA) is 59.6 Å². The number of nitrogens with one attached hydrogen (secondary N) is 3. The summed E-state index contributed by atoms with van der Waals surface area (Å²) in [5, 5.41) is 7.96. The van der Waals surface area contributed by atoms with Crippen LogP contribution in [0.4, 0.5) is 13.2 Å². The third-order valence-corrected chi connectivity index (χ3v) is 5.30. The van der Waals surface area contributed by atoms with Crippen LogP contribution in [-0.2, 0) is 10.7 Å². The predicted molar refractivity (Wildman–Crippen MR) is 95.2 cm³/mol. The van der Waals surface area contributed by atoms with E-state index in [1.165, 1.54) is 12.1 Å². The van der Waals surface area contributed by atoms with Crippen molar-refractivity contribution in [3.05, 3.63) is 35.4 Å². The fourth-order valence-corrected chi connectivity index (χ4v) is 3.67. The molecule has 1 aromatic rings. The molecule has 6 nitrogen and oxygen atoms in total. The van der Waals surface area contributed by atoms with Gasteiger partial charge in [-0.15, -0.1) is 0 Å². The molecule has 0 saturated carbocycles. The molecular formula is C18H26F3N5O. The van der Waals surface area contributed by atoms with Crippen molar-refractivity contribution in [3.63, 3.8) is 0 Å². The molecular weight excluding hydrogens is 359 g/mol. The molecule has 0 radical (unpaired) electrons. The molecule has 2 heterocycles. The first-order chi connectivity index (χ1) is 12.6. The van der Waals surface area contributed by atoms with Gasteiger partial charge in [0.15, 0.2) is 0 Å². The quantitative estimate of drug-likeness (QED) is 0.718. The largest absolute Gasteiger partial charge is 0.327 e. The lowest BCUT2D eigenvalue weighted by atomic mass is 9.95. The molecule has 2 fully saturated rings. The summed E-state index contributed by atoms with van der Waals surface area (Å²) < 4.78 is 40.4. The molecule has 2 aliphatic heterocycles. The van der Waals surface area contributed by atoms with Gasteiger partial charge in [-0.1, -0.05) is 24.3 Å². The Morgan fingerprint density at radius 2 is 1.89 bits per heavy atom. The number of hydrogen-bond acceptors (Lipinski definition) is 5. The van der Waals surface area contributed by atoms with Crippen LogP contribution in [-0.4, -0.2) is 55.1 Å². The van der Waals surface area contributed by atoms with Gasteiger partial charge in [0.05, 0.1) is 18.1 Å². The van der Waals surface area contributed by atoms with E-state index in [-0.39, 0.29) is 23.8 Å². The molecule has 1 aromatic carbocycles. The zero-order chi connectivity index (χ0) is 19.9. The van der Waals surface area contributed by atoms with Crippen LogP contribution in [0.5, 0.6) is 0 Å². The molecule has 27 heavy (non-hydrogen) atoms. The number of amides is 1. The van der Waals surface area contributed by atoms with Crippen molar-refractivity contribution < 1.29 is 18.0 Å². The van der Waals surface area contributed by atoms with Gasteiger partial charge in [0.2, 0.25) is 5.91 Å². The van der Waals surface area contributed by atoms with E-state index in [1.54, 1.807) is 12.1 Å². The highest BCUT2D eigenvalue weighted by Crippen LogP contribution is 2.33. The lowest BCUT2D eigenvalue weighted by Gasteiger charge is -2.41. The second kappa shape index (κ2) is 7.38. The summed E-state index contributed by atoms with van der Waals surface area (Å²) in [6.45, 7) is 2.06. The van der Waals surface area contributed by atoms with Crippen LogP contribution >= 0.6 is 0 Å². The molecule has 3 rings (SSSR count). The second-order valence-corrected chi connectivity index (χ2v) is 7.50. The normalized spacial score (nSPS) is 30.3. The maximum absolute atomic E-state index is 13.5.